The van der Waals surface area contributed by atoms with E-state index in [-0.39, 0.29) is 0 Å². The van der Waals surface area contributed by atoms with Crippen molar-refractivity contribution in [2.75, 3.05) is 19.6 Å². The van der Waals surface area contributed by atoms with Gasteiger partial charge in [-0.2, -0.15) is 0 Å². The van der Waals surface area contributed by atoms with Crippen LogP contribution in [0.3, 0.4) is 0 Å². The van der Waals surface area contributed by atoms with Gasteiger partial charge in [0, 0.05) is 29.7 Å². The van der Waals surface area contributed by atoms with Crippen LogP contribution in [0.4, 0.5) is 0 Å². The largest absolute Gasteiger partial charge is 0.309 e. The summed E-state index contributed by atoms with van der Waals surface area (Å²) in [5.74, 6) is 0. The van der Waals surface area contributed by atoms with E-state index >= 15 is 0 Å². The van der Waals surface area contributed by atoms with E-state index < -0.39 is 0 Å². The number of likely N-dealkylation sites (tertiary alicyclic amines) is 1. The number of rotatable bonds is 5. The summed E-state index contributed by atoms with van der Waals surface area (Å²) in [6.07, 6.45) is 2.64. The molecule has 1 unspecified atom stereocenters. The lowest BCUT2D eigenvalue weighted by Gasteiger charge is -2.21. The van der Waals surface area contributed by atoms with Crippen LogP contribution in [0.25, 0.3) is 0 Å². The lowest BCUT2D eigenvalue weighted by molar-refractivity contribution is 0.298. The lowest BCUT2D eigenvalue weighted by atomic mass is 10.2. The summed E-state index contributed by atoms with van der Waals surface area (Å²) in [6.45, 7) is 6.32. The van der Waals surface area contributed by atoms with Gasteiger partial charge in [-0.05, 0) is 45.0 Å². The third-order valence-electron chi connectivity index (χ3n) is 3.50. The van der Waals surface area contributed by atoms with Crippen molar-refractivity contribution in [3.8, 4) is 0 Å². The maximum absolute atomic E-state index is 6.19. The number of halogens is 3. The van der Waals surface area contributed by atoms with Gasteiger partial charge in [0.2, 0.25) is 0 Å². The minimum absolute atomic E-state index is 0.407. The van der Waals surface area contributed by atoms with Gasteiger partial charge >= 0.3 is 0 Å². The van der Waals surface area contributed by atoms with Crippen molar-refractivity contribution in [2.45, 2.75) is 32.4 Å². The molecule has 1 saturated heterocycles. The van der Waals surface area contributed by atoms with Crippen LogP contribution in [0.1, 0.15) is 25.3 Å². The fourth-order valence-corrected chi connectivity index (χ4v) is 3.11. The van der Waals surface area contributed by atoms with Gasteiger partial charge in [-0.1, -0.05) is 34.8 Å². The molecule has 1 aromatic rings. The van der Waals surface area contributed by atoms with Crippen molar-refractivity contribution in [1.29, 1.82) is 0 Å². The summed E-state index contributed by atoms with van der Waals surface area (Å²) in [4.78, 5) is 2.48. The maximum Gasteiger partial charge on any atom is 0.0652 e. The standard InChI is InChI=1S/C14H19Cl3N2/c1-10(9-19-6-2-3-7-19)18-8-11-12(15)4-5-13(16)14(11)17/h4-5,10,18H,2-3,6-9H2,1H3. The van der Waals surface area contributed by atoms with E-state index in [0.717, 1.165) is 12.1 Å². The highest BCUT2D eigenvalue weighted by atomic mass is 35.5. The Hall–Kier alpha value is 0.01000. The molecule has 1 atom stereocenters. The fraction of sp³-hybridized carbons (Fsp3) is 0.571. The summed E-state index contributed by atoms with van der Waals surface area (Å²) in [5.41, 5.74) is 0.879. The number of nitrogens with zero attached hydrogens (tertiary/aromatic N) is 1. The second-order valence-electron chi connectivity index (χ2n) is 5.11. The van der Waals surface area contributed by atoms with Gasteiger partial charge in [0.25, 0.3) is 0 Å². The highest BCUT2D eigenvalue weighted by molar-refractivity contribution is 6.44. The first-order valence-electron chi connectivity index (χ1n) is 6.66. The van der Waals surface area contributed by atoms with Gasteiger partial charge in [0.15, 0.2) is 0 Å². The molecule has 5 heteroatoms. The van der Waals surface area contributed by atoms with Crippen LogP contribution in [0.15, 0.2) is 12.1 Å². The molecule has 0 spiro atoms. The third kappa shape index (κ3) is 4.24. The average molecular weight is 322 g/mol. The van der Waals surface area contributed by atoms with Gasteiger partial charge in [-0.15, -0.1) is 0 Å². The van der Waals surface area contributed by atoms with Crippen LogP contribution in [0.2, 0.25) is 15.1 Å². The normalized spacial score (nSPS) is 17.9. The molecule has 0 saturated carbocycles. The van der Waals surface area contributed by atoms with Crippen molar-refractivity contribution in [3.63, 3.8) is 0 Å². The Morgan fingerprint density at radius 3 is 2.47 bits per heavy atom. The zero-order valence-corrected chi connectivity index (χ0v) is 13.3. The van der Waals surface area contributed by atoms with Gasteiger partial charge in [0.05, 0.1) is 10.0 Å². The van der Waals surface area contributed by atoms with Crippen LogP contribution in [0, 0.1) is 0 Å². The topological polar surface area (TPSA) is 15.3 Å². The van der Waals surface area contributed by atoms with Crippen LogP contribution in [0.5, 0.6) is 0 Å². The van der Waals surface area contributed by atoms with Gasteiger partial charge < -0.3 is 10.2 Å². The summed E-state index contributed by atoms with van der Waals surface area (Å²) in [5, 5.41) is 5.23. The number of nitrogens with one attached hydrogen (secondary N) is 1. The molecule has 106 valence electrons. The quantitative estimate of drug-likeness (QED) is 0.817. The average Bonchev–Trinajstić information content (AvgIpc) is 2.87. The van der Waals surface area contributed by atoms with Crippen molar-refractivity contribution < 1.29 is 0 Å². The molecule has 0 aliphatic carbocycles. The molecule has 0 bridgehead atoms. The number of hydrogen-bond donors (Lipinski definition) is 1. The summed E-state index contributed by atoms with van der Waals surface area (Å²) in [7, 11) is 0. The van der Waals surface area contributed by atoms with Gasteiger partial charge in [-0.3, -0.25) is 0 Å². The van der Waals surface area contributed by atoms with Crippen LogP contribution >= 0.6 is 34.8 Å². The Bertz CT molecular complexity index is 431. The molecule has 1 fully saturated rings. The fourth-order valence-electron chi connectivity index (χ4n) is 2.42. The summed E-state index contributed by atoms with van der Waals surface area (Å²) in [6, 6.07) is 3.92. The second kappa shape index (κ2) is 7.14. The SMILES string of the molecule is CC(CN1CCCC1)NCc1c(Cl)ccc(Cl)c1Cl. The molecule has 19 heavy (non-hydrogen) atoms. The first-order chi connectivity index (χ1) is 9.08. The Kier molecular flexibility index (Phi) is 5.79. The van der Waals surface area contributed by atoms with Crippen LogP contribution in [-0.4, -0.2) is 30.6 Å². The van der Waals surface area contributed by atoms with E-state index in [1.807, 2.05) is 0 Å². The minimum Gasteiger partial charge on any atom is -0.309 e. The zero-order chi connectivity index (χ0) is 13.8. The predicted molar refractivity (Wildman–Crippen MR) is 83.4 cm³/mol. The predicted octanol–water partition coefficient (Wildman–Crippen LogP) is 4.22. The molecular weight excluding hydrogens is 303 g/mol. The van der Waals surface area contributed by atoms with E-state index in [0.29, 0.717) is 27.7 Å². The third-order valence-corrected chi connectivity index (χ3v) is 4.69. The van der Waals surface area contributed by atoms with E-state index in [4.69, 9.17) is 34.8 Å². The first-order valence-corrected chi connectivity index (χ1v) is 7.79. The molecule has 0 radical (unpaired) electrons. The smallest absolute Gasteiger partial charge is 0.0652 e. The van der Waals surface area contributed by atoms with E-state index in [1.165, 1.54) is 25.9 Å². The molecule has 1 aliphatic heterocycles. The molecule has 1 aliphatic rings. The molecule has 1 N–H and O–H groups in total. The van der Waals surface area contributed by atoms with Crippen molar-refractivity contribution >= 4 is 34.8 Å². The van der Waals surface area contributed by atoms with Crippen molar-refractivity contribution in [3.05, 3.63) is 32.8 Å². The molecule has 1 heterocycles. The first kappa shape index (κ1) is 15.4. The van der Waals surface area contributed by atoms with E-state index in [1.54, 1.807) is 12.1 Å². The summed E-state index contributed by atoms with van der Waals surface area (Å²) >= 11 is 18.4. The number of benzene rings is 1. The van der Waals surface area contributed by atoms with E-state index in [2.05, 4.69) is 17.1 Å². The summed E-state index contributed by atoms with van der Waals surface area (Å²) < 4.78 is 0. The lowest BCUT2D eigenvalue weighted by Crippen LogP contribution is -2.37. The Morgan fingerprint density at radius 2 is 1.79 bits per heavy atom. The minimum atomic E-state index is 0.407. The molecule has 2 nitrogen and oxygen atoms in total. The van der Waals surface area contributed by atoms with Crippen LogP contribution in [-0.2, 0) is 6.54 Å². The number of hydrogen-bond acceptors (Lipinski definition) is 2. The zero-order valence-electron chi connectivity index (χ0n) is 11.1. The maximum atomic E-state index is 6.19. The molecule has 1 aromatic carbocycles. The highest BCUT2D eigenvalue weighted by Gasteiger charge is 2.15. The Morgan fingerprint density at radius 1 is 1.16 bits per heavy atom. The van der Waals surface area contributed by atoms with Crippen molar-refractivity contribution in [1.82, 2.24) is 10.2 Å². The van der Waals surface area contributed by atoms with Gasteiger partial charge in [-0.25, -0.2) is 0 Å². The second-order valence-corrected chi connectivity index (χ2v) is 6.30. The molecule has 2 rings (SSSR count). The monoisotopic (exact) mass is 320 g/mol. The van der Waals surface area contributed by atoms with E-state index in [9.17, 15) is 0 Å². The Labute approximate surface area is 130 Å². The molecule has 0 aromatic heterocycles. The highest BCUT2D eigenvalue weighted by Crippen LogP contribution is 2.31. The van der Waals surface area contributed by atoms with Crippen molar-refractivity contribution in [2.24, 2.45) is 0 Å². The van der Waals surface area contributed by atoms with Gasteiger partial charge in [0.1, 0.15) is 0 Å². The van der Waals surface area contributed by atoms with Crippen LogP contribution < -0.4 is 5.32 Å². The Balaban J connectivity index is 1.89. The molecule has 0 amide bonds. The molecular formula is C14H19Cl3N2.